The molecule has 126 valence electrons. The number of hydrogen-bond donors (Lipinski definition) is 2. The summed E-state index contributed by atoms with van der Waals surface area (Å²) in [6, 6.07) is 13.5. The van der Waals surface area contributed by atoms with Crippen LogP contribution in [0.4, 0.5) is 0 Å². The van der Waals surface area contributed by atoms with Crippen molar-refractivity contribution in [3.8, 4) is 0 Å². The Hall–Kier alpha value is -2.40. The number of halogens is 1. The molecular formula is C20H18BrN3O. The van der Waals surface area contributed by atoms with E-state index >= 15 is 0 Å². The average Bonchev–Trinajstić information content (AvgIpc) is 2.99. The summed E-state index contributed by atoms with van der Waals surface area (Å²) in [5.41, 5.74) is 7.97. The topological polar surface area (TPSA) is 57.2 Å². The molecule has 2 aromatic carbocycles. The van der Waals surface area contributed by atoms with Crippen molar-refractivity contribution in [2.75, 3.05) is 0 Å². The summed E-state index contributed by atoms with van der Waals surface area (Å²) in [6.07, 6.45) is 6.27. The quantitative estimate of drug-likeness (QED) is 0.495. The largest absolute Gasteiger partial charge is 0.358 e. The molecule has 0 saturated heterocycles. The van der Waals surface area contributed by atoms with Gasteiger partial charge in [0, 0.05) is 26.6 Å². The fraction of sp³-hybridized carbons (Fsp3) is 0.200. The van der Waals surface area contributed by atoms with Crippen LogP contribution in [0, 0.1) is 0 Å². The fourth-order valence-electron chi connectivity index (χ4n) is 3.36. The Morgan fingerprint density at radius 2 is 2.04 bits per heavy atom. The van der Waals surface area contributed by atoms with E-state index in [0.717, 1.165) is 28.4 Å². The molecular weight excluding hydrogens is 378 g/mol. The molecule has 5 heteroatoms. The molecule has 4 nitrogen and oxygen atoms in total. The first kappa shape index (κ1) is 16.1. The van der Waals surface area contributed by atoms with Crippen molar-refractivity contribution in [3.05, 3.63) is 69.3 Å². The van der Waals surface area contributed by atoms with E-state index in [1.54, 1.807) is 6.21 Å². The third kappa shape index (κ3) is 3.37. The van der Waals surface area contributed by atoms with Crippen LogP contribution in [0.15, 0.2) is 52.0 Å². The minimum atomic E-state index is -0.195. The lowest BCUT2D eigenvalue weighted by atomic mass is 9.95. The van der Waals surface area contributed by atoms with Gasteiger partial charge in [0.15, 0.2) is 0 Å². The molecule has 3 aromatic rings. The minimum Gasteiger partial charge on any atom is -0.358 e. The molecule has 25 heavy (non-hydrogen) atoms. The van der Waals surface area contributed by atoms with E-state index in [-0.39, 0.29) is 5.91 Å². The molecule has 2 N–H and O–H groups in total. The van der Waals surface area contributed by atoms with Gasteiger partial charge in [-0.05, 0) is 67.1 Å². The fourth-order valence-corrected chi connectivity index (χ4v) is 3.78. The number of aromatic nitrogens is 1. The maximum absolute atomic E-state index is 12.4. The maximum Gasteiger partial charge on any atom is 0.271 e. The molecule has 0 aliphatic heterocycles. The van der Waals surface area contributed by atoms with Gasteiger partial charge in [0.25, 0.3) is 5.91 Å². The molecule has 1 amide bonds. The Bertz CT molecular complexity index is 974. The van der Waals surface area contributed by atoms with Crippen molar-refractivity contribution < 1.29 is 4.79 Å². The smallest absolute Gasteiger partial charge is 0.271 e. The molecule has 1 heterocycles. The number of amides is 1. The first-order valence-corrected chi connectivity index (χ1v) is 9.22. The van der Waals surface area contributed by atoms with Gasteiger partial charge in [0.05, 0.1) is 6.21 Å². The van der Waals surface area contributed by atoms with Crippen molar-refractivity contribution in [1.82, 2.24) is 10.4 Å². The predicted molar refractivity (Wildman–Crippen MR) is 104 cm³/mol. The van der Waals surface area contributed by atoms with Crippen LogP contribution in [0.1, 0.15) is 40.0 Å². The zero-order valence-corrected chi connectivity index (χ0v) is 15.3. The van der Waals surface area contributed by atoms with Gasteiger partial charge in [0.1, 0.15) is 0 Å². The van der Waals surface area contributed by atoms with Gasteiger partial charge >= 0.3 is 0 Å². The van der Waals surface area contributed by atoms with E-state index in [1.807, 2.05) is 42.5 Å². The summed E-state index contributed by atoms with van der Waals surface area (Å²) >= 11 is 3.42. The molecule has 0 radical (unpaired) electrons. The van der Waals surface area contributed by atoms with Crippen molar-refractivity contribution in [1.29, 1.82) is 0 Å². The third-order valence-electron chi connectivity index (χ3n) is 4.59. The normalized spacial score (nSPS) is 14.0. The molecule has 0 fully saturated rings. The number of nitrogens with zero attached hydrogens (tertiary/aromatic N) is 1. The number of H-pyrrole nitrogens is 1. The molecule has 0 saturated carbocycles. The summed E-state index contributed by atoms with van der Waals surface area (Å²) in [4.78, 5) is 15.9. The van der Waals surface area contributed by atoms with E-state index in [9.17, 15) is 4.79 Å². The Kier molecular flexibility index (Phi) is 4.40. The molecule has 0 bridgehead atoms. The number of fused-ring (bicyclic) bond motifs is 3. The van der Waals surface area contributed by atoms with Gasteiger partial charge in [-0.15, -0.1) is 0 Å². The Balaban J connectivity index is 1.53. The second-order valence-corrected chi connectivity index (χ2v) is 7.22. The highest BCUT2D eigenvalue weighted by atomic mass is 79.9. The number of benzene rings is 2. The average molecular weight is 396 g/mol. The molecule has 0 unspecified atom stereocenters. The number of nitrogens with one attached hydrogen (secondary N) is 2. The van der Waals surface area contributed by atoms with Crippen molar-refractivity contribution >= 4 is 39.0 Å². The minimum absolute atomic E-state index is 0.195. The monoisotopic (exact) mass is 395 g/mol. The van der Waals surface area contributed by atoms with Crippen LogP contribution in [-0.2, 0) is 12.8 Å². The number of rotatable bonds is 3. The van der Waals surface area contributed by atoms with Crippen LogP contribution < -0.4 is 5.43 Å². The Morgan fingerprint density at radius 1 is 1.16 bits per heavy atom. The maximum atomic E-state index is 12.4. The lowest BCUT2D eigenvalue weighted by Gasteiger charge is -2.10. The van der Waals surface area contributed by atoms with Crippen molar-refractivity contribution in [2.45, 2.75) is 25.7 Å². The summed E-state index contributed by atoms with van der Waals surface area (Å²) in [6.45, 7) is 0. The molecule has 4 rings (SSSR count). The van der Waals surface area contributed by atoms with Gasteiger partial charge in [-0.25, -0.2) is 5.43 Å². The van der Waals surface area contributed by atoms with Crippen LogP contribution in [0.5, 0.6) is 0 Å². The lowest BCUT2D eigenvalue weighted by Crippen LogP contribution is -2.17. The Morgan fingerprint density at radius 3 is 2.92 bits per heavy atom. The number of hydrogen-bond acceptors (Lipinski definition) is 2. The van der Waals surface area contributed by atoms with Gasteiger partial charge in [0.2, 0.25) is 0 Å². The van der Waals surface area contributed by atoms with Crippen LogP contribution in [0.3, 0.4) is 0 Å². The lowest BCUT2D eigenvalue weighted by molar-refractivity contribution is 0.0955. The number of hydrazone groups is 1. The molecule has 1 aliphatic rings. The molecule has 0 spiro atoms. The van der Waals surface area contributed by atoms with Crippen molar-refractivity contribution in [3.63, 3.8) is 0 Å². The second-order valence-electron chi connectivity index (χ2n) is 6.30. The summed E-state index contributed by atoms with van der Waals surface area (Å²) < 4.78 is 0.977. The number of aryl methyl sites for hydroxylation is 2. The standard InChI is InChI=1S/C20H18BrN3O/c21-15-5-3-4-13(10-15)12-22-24-20(25)14-8-9-19-17(11-14)16-6-1-2-7-18(16)23-19/h3-5,8-12,23H,1-2,6-7H2,(H,24,25)/b22-12+. The zero-order valence-electron chi connectivity index (χ0n) is 13.7. The first-order chi connectivity index (χ1) is 12.2. The number of carbonyl (C=O) groups is 1. The third-order valence-corrected chi connectivity index (χ3v) is 5.08. The van der Waals surface area contributed by atoms with Crippen molar-refractivity contribution in [2.24, 2.45) is 5.10 Å². The summed E-state index contributed by atoms with van der Waals surface area (Å²) in [5, 5.41) is 5.23. The highest BCUT2D eigenvalue weighted by Crippen LogP contribution is 2.29. The zero-order chi connectivity index (χ0) is 17.2. The molecule has 0 atom stereocenters. The van der Waals surface area contributed by atoms with E-state index in [0.29, 0.717) is 5.56 Å². The highest BCUT2D eigenvalue weighted by molar-refractivity contribution is 9.10. The molecule has 1 aromatic heterocycles. The summed E-state index contributed by atoms with van der Waals surface area (Å²) in [7, 11) is 0. The van der Waals surface area contributed by atoms with Crippen LogP contribution in [0.25, 0.3) is 10.9 Å². The van der Waals surface area contributed by atoms with Gasteiger partial charge in [-0.3, -0.25) is 4.79 Å². The van der Waals surface area contributed by atoms with Crippen LogP contribution in [-0.4, -0.2) is 17.1 Å². The number of aromatic amines is 1. The SMILES string of the molecule is O=C(N/N=C/c1cccc(Br)c1)c1ccc2[nH]c3c(c2c1)CCCC3. The van der Waals surface area contributed by atoms with Gasteiger partial charge < -0.3 is 4.98 Å². The van der Waals surface area contributed by atoms with Crippen LogP contribution >= 0.6 is 15.9 Å². The van der Waals surface area contributed by atoms with Crippen LogP contribution in [0.2, 0.25) is 0 Å². The second kappa shape index (κ2) is 6.84. The van der Waals surface area contributed by atoms with E-state index in [4.69, 9.17) is 0 Å². The Labute approximate surface area is 154 Å². The van der Waals surface area contributed by atoms with Gasteiger partial charge in [-0.2, -0.15) is 5.10 Å². The summed E-state index contributed by atoms with van der Waals surface area (Å²) in [5.74, 6) is -0.195. The first-order valence-electron chi connectivity index (χ1n) is 8.43. The van der Waals surface area contributed by atoms with Gasteiger partial charge in [-0.1, -0.05) is 28.1 Å². The number of carbonyl (C=O) groups excluding carboxylic acids is 1. The van der Waals surface area contributed by atoms with E-state index in [1.165, 1.54) is 29.5 Å². The highest BCUT2D eigenvalue weighted by Gasteiger charge is 2.16. The molecule has 1 aliphatic carbocycles. The van der Waals surface area contributed by atoms with E-state index < -0.39 is 0 Å². The van der Waals surface area contributed by atoms with E-state index in [2.05, 4.69) is 31.4 Å². The predicted octanol–water partition coefficient (Wildman–Crippen LogP) is 4.57.